The van der Waals surface area contributed by atoms with Crippen molar-refractivity contribution in [3.8, 4) is 5.75 Å². The van der Waals surface area contributed by atoms with Crippen molar-refractivity contribution in [2.45, 2.75) is 0 Å². The van der Waals surface area contributed by atoms with E-state index in [0.29, 0.717) is 0 Å². The highest BCUT2D eigenvalue weighted by Crippen LogP contribution is 2.23. The molecule has 0 aliphatic carbocycles. The second-order valence-electron chi connectivity index (χ2n) is 3.88. The van der Waals surface area contributed by atoms with E-state index in [2.05, 4.69) is 4.72 Å². The number of rotatable bonds is 4. The summed E-state index contributed by atoms with van der Waals surface area (Å²) in [5, 5.41) is 10.6. The zero-order valence-electron chi connectivity index (χ0n) is 10.0. The third kappa shape index (κ3) is 3.86. The monoisotopic (exact) mass is 275 g/mol. The summed E-state index contributed by atoms with van der Waals surface area (Å²) in [5.41, 5.74) is 0.936. The highest BCUT2D eigenvalue weighted by Gasteiger charge is 2.08. The van der Waals surface area contributed by atoms with Crippen molar-refractivity contribution < 1.29 is 13.5 Å². The largest absolute Gasteiger partial charge is 0.506 e. The molecule has 0 radical (unpaired) electrons. The van der Waals surface area contributed by atoms with Crippen LogP contribution in [-0.4, -0.2) is 13.5 Å². The second-order valence-corrected chi connectivity index (χ2v) is 5.44. The molecule has 2 aromatic carbocycles. The maximum absolute atomic E-state index is 11.8. The molecule has 0 unspecified atom stereocenters. The minimum atomic E-state index is -3.65. The van der Waals surface area contributed by atoms with Crippen molar-refractivity contribution >= 4 is 21.8 Å². The number of hydrogen-bond donors (Lipinski definition) is 2. The van der Waals surface area contributed by atoms with Crippen molar-refractivity contribution in [2.24, 2.45) is 0 Å². The number of phenolic OH excluding ortho intramolecular Hbond substituents is 1. The zero-order chi connectivity index (χ0) is 13.7. The molecular weight excluding hydrogens is 262 g/mol. The topological polar surface area (TPSA) is 66.4 Å². The lowest BCUT2D eigenvalue weighted by molar-refractivity contribution is 0.477. The smallest absolute Gasteiger partial charge is 0.255 e. The molecule has 0 saturated carbocycles. The normalized spacial score (nSPS) is 11.6. The van der Waals surface area contributed by atoms with Gasteiger partial charge in [-0.3, -0.25) is 4.72 Å². The first-order valence-electron chi connectivity index (χ1n) is 5.61. The molecule has 0 heterocycles. The summed E-state index contributed by atoms with van der Waals surface area (Å²) in [4.78, 5) is 0. The number of nitrogens with one attached hydrogen (secondary N) is 1. The molecule has 19 heavy (non-hydrogen) atoms. The molecule has 2 aromatic rings. The van der Waals surface area contributed by atoms with E-state index in [9.17, 15) is 13.5 Å². The van der Waals surface area contributed by atoms with Crippen LogP contribution in [0.5, 0.6) is 5.75 Å². The van der Waals surface area contributed by atoms with Gasteiger partial charge in [-0.25, -0.2) is 8.42 Å². The van der Waals surface area contributed by atoms with Crippen LogP contribution in [0.1, 0.15) is 5.56 Å². The SMILES string of the molecule is O=S(=O)(/C=C/c1ccccc1)Nc1ccccc1O. The van der Waals surface area contributed by atoms with E-state index in [1.807, 2.05) is 18.2 Å². The van der Waals surface area contributed by atoms with Gasteiger partial charge in [0.1, 0.15) is 5.75 Å². The molecule has 0 amide bonds. The number of benzene rings is 2. The number of anilines is 1. The molecular formula is C14H13NO3S. The van der Waals surface area contributed by atoms with E-state index < -0.39 is 10.0 Å². The lowest BCUT2D eigenvalue weighted by Gasteiger charge is -2.05. The molecule has 4 nitrogen and oxygen atoms in total. The lowest BCUT2D eigenvalue weighted by Crippen LogP contribution is -2.08. The molecule has 5 heteroatoms. The highest BCUT2D eigenvalue weighted by atomic mass is 32.2. The molecule has 0 spiro atoms. The van der Waals surface area contributed by atoms with Crippen molar-refractivity contribution in [1.82, 2.24) is 0 Å². The van der Waals surface area contributed by atoms with E-state index >= 15 is 0 Å². The molecule has 98 valence electrons. The Morgan fingerprint density at radius 3 is 2.26 bits per heavy atom. The average molecular weight is 275 g/mol. The van der Waals surface area contributed by atoms with Gasteiger partial charge in [0.25, 0.3) is 10.0 Å². The van der Waals surface area contributed by atoms with Crippen LogP contribution < -0.4 is 4.72 Å². The fraction of sp³-hybridized carbons (Fsp3) is 0. The standard InChI is InChI=1S/C14H13NO3S/c16-14-9-5-4-8-13(14)15-19(17,18)11-10-12-6-2-1-3-7-12/h1-11,15-16H/b11-10+. The van der Waals surface area contributed by atoms with Gasteiger partial charge in [0, 0.05) is 0 Å². The van der Waals surface area contributed by atoms with Crippen LogP contribution in [-0.2, 0) is 10.0 Å². The maximum Gasteiger partial charge on any atom is 0.255 e. The zero-order valence-corrected chi connectivity index (χ0v) is 10.8. The van der Waals surface area contributed by atoms with Gasteiger partial charge in [-0.1, -0.05) is 42.5 Å². The Labute approximate surface area is 112 Å². The Kier molecular flexibility index (Phi) is 3.87. The van der Waals surface area contributed by atoms with Crippen molar-refractivity contribution in [3.05, 3.63) is 65.6 Å². The fourth-order valence-corrected chi connectivity index (χ4v) is 2.36. The first kappa shape index (κ1) is 13.2. The highest BCUT2D eigenvalue weighted by molar-refractivity contribution is 7.95. The van der Waals surface area contributed by atoms with Crippen molar-refractivity contribution in [1.29, 1.82) is 0 Å². The van der Waals surface area contributed by atoms with Crippen molar-refractivity contribution in [2.75, 3.05) is 4.72 Å². The lowest BCUT2D eigenvalue weighted by atomic mass is 10.2. The van der Waals surface area contributed by atoms with E-state index in [4.69, 9.17) is 0 Å². The summed E-state index contributed by atoms with van der Waals surface area (Å²) in [6.07, 6.45) is 1.49. The minimum Gasteiger partial charge on any atom is -0.506 e. The predicted octanol–water partition coefficient (Wildman–Crippen LogP) is 2.80. The molecule has 0 saturated heterocycles. The van der Waals surface area contributed by atoms with Crippen LogP contribution >= 0.6 is 0 Å². The van der Waals surface area contributed by atoms with Crippen LogP contribution in [0.15, 0.2) is 60.0 Å². The Balaban J connectivity index is 2.16. The Bertz CT molecular complexity index is 679. The average Bonchev–Trinajstić information content (AvgIpc) is 2.40. The van der Waals surface area contributed by atoms with Crippen LogP contribution in [0, 0.1) is 0 Å². The summed E-state index contributed by atoms with van der Waals surface area (Å²) in [5.74, 6) is -0.112. The molecule has 0 fully saturated rings. The number of aromatic hydroxyl groups is 1. The molecule has 2 rings (SSSR count). The van der Waals surface area contributed by atoms with Gasteiger partial charge in [0.15, 0.2) is 0 Å². The van der Waals surface area contributed by atoms with E-state index in [0.717, 1.165) is 11.0 Å². The number of hydrogen-bond acceptors (Lipinski definition) is 3. The van der Waals surface area contributed by atoms with Gasteiger partial charge >= 0.3 is 0 Å². The summed E-state index contributed by atoms with van der Waals surface area (Å²) < 4.78 is 25.9. The fourth-order valence-electron chi connectivity index (χ4n) is 1.48. The Hall–Kier alpha value is -2.27. The summed E-state index contributed by atoms with van der Waals surface area (Å²) >= 11 is 0. The van der Waals surface area contributed by atoms with Crippen LogP contribution in [0.3, 0.4) is 0 Å². The maximum atomic E-state index is 11.8. The third-order valence-electron chi connectivity index (χ3n) is 2.40. The van der Waals surface area contributed by atoms with Crippen molar-refractivity contribution in [3.63, 3.8) is 0 Å². The number of para-hydroxylation sites is 2. The van der Waals surface area contributed by atoms with Gasteiger partial charge in [0.2, 0.25) is 0 Å². The van der Waals surface area contributed by atoms with Crippen LogP contribution in [0.4, 0.5) is 5.69 Å². The van der Waals surface area contributed by atoms with Gasteiger partial charge in [0.05, 0.1) is 11.1 Å². The number of sulfonamides is 1. The summed E-state index contributed by atoms with van der Waals surface area (Å²) in [6.45, 7) is 0. The Morgan fingerprint density at radius 1 is 0.947 bits per heavy atom. The van der Waals surface area contributed by atoms with Crippen LogP contribution in [0.2, 0.25) is 0 Å². The molecule has 0 aromatic heterocycles. The first-order valence-corrected chi connectivity index (χ1v) is 7.15. The second kappa shape index (κ2) is 5.58. The van der Waals surface area contributed by atoms with E-state index in [1.54, 1.807) is 24.3 Å². The van der Waals surface area contributed by atoms with Gasteiger partial charge in [-0.05, 0) is 23.8 Å². The Morgan fingerprint density at radius 2 is 1.58 bits per heavy atom. The molecule has 0 aliphatic rings. The number of phenols is 1. The summed E-state index contributed by atoms with van der Waals surface area (Å²) in [6, 6.07) is 15.3. The molecule has 0 bridgehead atoms. The van der Waals surface area contributed by atoms with E-state index in [1.165, 1.54) is 18.2 Å². The van der Waals surface area contributed by atoms with Crippen LogP contribution in [0.25, 0.3) is 6.08 Å². The van der Waals surface area contributed by atoms with E-state index in [-0.39, 0.29) is 11.4 Å². The van der Waals surface area contributed by atoms with Gasteiger partial charge < -0.3 is 5.11 Å². The molecule has 0 aliphatic heterocycles. The summed E-state index contributed by atoms with van der Waals surface area (Å²) in [7, 11) is -3.65. The minimum absolute atomic E-state index is 0.112. The first-order chi connectivity index (χ1) is 9.07. The molecule has 0 atom stereocenters. The van der Waals surface area contributed by atoms with Gasteiger partial charge in [-0.15, -0.1) is 0 Å². The molecule has 2 N–H and O–H groups in total. The third-order valence-corrected chi connectivity index (χ3v) is 3.39. The quantitative estimate of drug-likeness (QED) is 0.843. The predicted molar refractivity (Wildman–Crippen MR) is 76.1 cm³/mol. The van der Waals surface area contributed by atoms with Gasteiger partial charge in [-0.2, -0.15) is 0 Å².